The van der Waals surface area contributed by atoms with Gasteiger partial charge in [0.1, 0.15) is 11.6 Å². The summed E-state index contributed by atoms with van der Waals surface area (Å²) < 4.78 is 9.75. The van der Waals surface area contributed by atoms with Gasteiger partial charge in [0, 0.05) is 18.3 Å². The summed E-state index contributed by atoms with van der Waals surface area (Å²) in [5, 5.41) is 2.48. The van der Waals surface area contributed by atoms with Gasteiger partial charge < -0.3 is 19.8 Å². The molecule has 1 unspecified atom stereocenters. The summed E-state index contributed by atoms with van der Waals surface area (Å²) in [4.78, 5) is 30.0. The van der Waals surface area contributed by atoms with Crippen LogP contribution in [0.5, 0.6) is 0 Å². The quantitative estimate of drug-likeness (QED) is 0.796. The van der Waals surface area contributed by atoms with Crippen LogP contribution in [-0.2, 0) is 20.7 Å². The summed E-state index contributed by atoms with van der Waals surface area (Å²) >= 11 is 0. The van der Waals surface area contributed by atoms with Crippen LogP contribution in [0.1, 0.15) is 26.5 Å². The van der Waals surface area contributed by atoms with Crippen molar-refractivity contribution < 1.29 is 19.1 Å². The minimum Gasteiger partial charge on any atom is -0.467 e. The number of nitrogens with one attached hydrogen (secondary N) is 2. The normalized spacial score (nSPS) is 12.6. The average Bonchev–Trinajstić information content (AvgIpc) is 2.77. The Kier molecular flexibility index (Phi) is 4.91. The molecule has 19 heavy (non-hydrogen) atoms. The number of ether oxygens (including phenoxy) is 2. The zero-order valence-corrected chi connectivity index (χ0v) is 11.5. The molecule has 1 heterocycles. The lowest BCUT2D eigenvalue weighted by atomic mass is 10.1. The third-order valence-corrected chi connectivity index (χ3v) is 2.16. The van der Waals surface area contributed by atoms with Crippen LogP contribution in [-0.4, -0.2) is 40.8 Å². The monoisotopic (exact) mass is 269 g/mol. The lowest BCUT2D eigenvalue weighted by molar-refractivity contribution is -0.143. The number of esters is 1. The van der Waals surface area contributed by atoms with E-state index in [0.29, 0.717) is 5.69 Å². The first kappa shape index (κ1) is 15.0. The number of alkyl carbamates (subject to hydrolysis) is 1. The minimum atomic E-state index is -0.819. The van der Waals surface area contributed by atoms with Gasteiger partial charge in [0.25, 0.3) is 0 Å². The van der Waals surface area contributed by atoms with Gasteiger partial charge in [0.15, 0.2) is 0 Å². The second kappa shape index (κ2) is 6.21. The van der Waals surface area contributed by atoms with Crippen molar-refractivity contribution in [3.05, 3.63) is 18.2 Å². The Morgan fingerprint density at radius 1 is 1.47 bits per heavy atom. The molecule has 1 amide bonds. The van der Waals surface area contributed by atoms with Crippen LogP contribution < -0.4 is 5.32 Å². The summed E-state index contributed by atoms with van der Waals surface area (Å²) in [5.41, 5.74) is 0.0881. The molecule has 7 heteroatoms. The first-order chi connectivity index (χ1) is 8.81. The maximum Gasteiger partial charge on any atom is 0.408 e. The summed E-state index contributed by atoms with van der Waals surface area (Å²) in [6.45, 7) is 5.23. The second-order valence-corrected chi connectivity index (χ2v) is 5.00. The number of hydrogen-bond acceptors (Lipinski definition) is 5. The molecular formula is C12H19N3O4. The average molecular weight is 269 g/mol. The first-order valence-corrected chi connectivity index (χ1v) is 5.86. The Morgan fingerprint density at radius 2 is 2.16 bits per heavy atom. The lowest BCUT2D eigenvalue weighted by Gasteiger charge is -2.22. The predicted molar refractivity (Wildman–Crippen MR) is 67.5 cm³/mol. The van der Waals surface area contributed by atoms with Crippen LogP contribution in [0.3, 0.4) is 0 Å². The SMILES string of the molecule is COC(=O)C(Cc1cnc[nH]1)NC(=O)OC(C)(C)C. The van der Waals surface area contributed by atoms with Gasteiger partial charge in [-0.15, -0.1) is 0 Å². The van der Waals surface area contributed by atoms with Crippen LogP contribution >= 0.6 is 0 Å². The van der Waals surface area contributed by atoms with Gasteiger partial charge in [-0.3, -0.25) is 0 Å². The van der Waals surface area contributed by atoms with E-state index in [9.17, 15) is 9.59 Å². The molecule has 7 nitrogen and oxygen atoms in total. The standard InChI is InChI=1S/C12H19N3O4/c1-12(2,3)19-11(17)15-9(10(16)18-4)5-8-6-13-7-14-8/h6-7,9H,5H2,1-4H3,(H,13,14)(H,15,17). The fraction of sp³-hybridized carbons (Fsp3) is 0.583. The van der Waals surface area contributed by atoms with E-state index in [1.54, 1.807) is 27.0 Å². The highest BCUT2D eigenvalue weighted by Gasteiger charge is 2.25. The van der Waals surface area contributed by atoms with Crippen LogP contribution in [0.15, 0.2) is 12.5 Å². The van der Waals surface area contributed by atoms with E-state index in [4.69, 9.17) is 4.74 Å². The van der Waals surface area contributed by atoms with Gasteiger partial charge in [-0.2, -0.15) is 0 Å². The number of rotatable bonds is 4. The number of H-pyrrole nitrogens is 1. The molecular weight excluding hydrogens is 250 g/mol. The third-order valence-electron chi connectivity index (χ3n) is 2.16. The highest BCUT2D eigenvalue weighted by Crippen LogP contribution is 2.08. The molecule has 0 aliphatic rings. The van der Waals surface area contributed by atoms with Gasteiger partial charge in [0.2, 0.25) is 0 Å². The topological polar surface area (TPSA) is 93.3 Å². The van der Waals surface area contributed by atoms with E-state index in [1.807, 2.05) is 0 Å². The van der Waals surface area contributed by atoms with Crippen molar-refractivity contribution in [3.63, 3.8) is 0 Å². The molecule has 0 bridgehead atoms. The molecule has 0 aliphatic carbocycles. The van der Waals surface area contributed by atoms with Crippen molar-refractivity contribution in [1.82, 2.24) is 15.3 Å². The van der Waals surface area contributed by atoms with Gasteiger partial charge in [-0.1, -0.05) is 0 Å². The van der Waals surface area contributed by atoms with Crippen LogP contribution in [0, 0.1) is 0 Å². The zero-order valence-electron chi connectivity index (χ0n) is 11.5. The highest BCUT2D eigenvalue weighted by molar-refractivity contribution is 5.81. The van der Waals surface area contributed by atoms with Gasteiger partial charge in [-0.05, 0) is 20.8 Å². The van der Waals surface area contributed by atoms with E-state index in [0.717, 1.165) is 0 Å². The van der Waals surface area contributed by atoms with Crippen molar-refractivity contribution in [1.29, 1.82) is 0 Å². The van der Waals surface area contributed by atoms with E-state index >= 15 is 0 Å². The zero-order chi connectivity index (χ0) is 14.5. The lowest BCUT2D eigenvalue weighted by Crippen LogP contribution is -2.45. The summed E-state index contributed by atoms with van der Waals surface area (Å²) in [7, 11) is 1.26. The Morgan fingerprint density at radius 3 is 2.63 bits per heavy atom. The molecule has 0 saturated carbocycles. The third kappa shape index (κ3) is 5.41. The highest BCUT2D eigenvalue weighted by atomic mass is 16.6. The molecule has 1 atom stereocenters. The molecule has 1 aromatic rings. The summed E-state index contributed by atoms with van der Waals surface area (Å²) in [5.74, 6) is -0.541. The van der Waals surface area contributed by atoms with Crippen LogP contribution in [0.25, 0.3) is 0 Å². The van der Waals surface area contributed by atoms with Gasteiger partial charge >= 0.3 is 12.1 Å². The number of aromatic nitrogens is 2. The van der Waals surface area contributed by atoms with Crippen LogP contribution in [0.4, 0.5) is 4.79 Å². The molecule has 0 spiro atoms. The smallest absolute Gasteiger partial charge is 0.408 e. The summed E-state index contributed by atoms with van der Waals surface area (Å²) in [6, 6.07) is -0.819. The Labute approximate surface area is 111 Å². The number of aromatic amines is 1. The van der Waals surface area contributed by atoms with Crippen molar-refractivity contribution >= 4 is 12.1 Å². The number of carbonyl (C=O) groups excluding carboxylic acids is 2. The Hall–Kier alpha value is -2.05. The number of imidazole rings is 1. The predicted octanol–water partition coefficient (Wildman–Crippen LogP) is 1.02. The Balaban J connectivity index is 2.65. The van der Waals surface area contributed by atoms with Crippen molar-refractivity contribution in [2.45, 2.75) is 38.8 Å². The van der Waals surface area contributed by atoms with Crippen LogP contribution in [0.2, 0.25) is 0 Å². The molecule has 0 aromatic carbocycles. The molecule has 0 saturated heterocycles. The molecule has 106 valence electrons. The number of amides is 1. The largest absolute Gasteiger partial charge is 0.467 e. The first-order valence-electron chi connectivity index (χ1n) is 5.86. The van der Waals surface area contributed by atoms with E-state index in [-0.39, 0.29) is 6.42 Å². The molecule has 1 rings (SSSR count). The molecule has 0 aliphatic heterocycles. The van der Waals surface area contributed by atoms with E-state index in [2.05, 4.69) is 20.0 Å². The maximum atomic E-state index is 11.7. The van der Waals surface area contributed by atoms with Gasteiger partial charge in [-0.25, -0.2) is 14.6 Å². The minimum absolute atomic E-state index is 0.256. The Bertz CT molecular complexity index is 423. The number of nitrogens with zero attached hydrogens (tertiary/aromatic N) is 1. The van der Waals surface area contributed by atoms with Crippen molar-refractivity contribution in [2.24, 2.45) is 0 Å². The molecule has 0 radical (unpaired) electrons. The van der Waals surface area contributed by atoms with E-state index in [1.165, 1.54) is 13.4 Å². The number of hydrogen-bond donors (Lipinski definition) is 2. The molecule has 2 N–H and O–H groups in total. The fourth-order valence-corrected chi connectivity index (χ4v) is 1.40. The fourth-order valence-electron chi connectivity index (χ4n) is 1.40. The van der Waals surface area contributed by atoms with Crippen molar-refractivity contribution in [3.8, 4) is 0 Å². The number of carbonyl (C=O) groups is 2. The maximum absolute atomic E-state index is 11.7. The van der Waals surface area contributed by atoms with Crippen molar-refractivity contribution in [2.75, 3.05) is 7.11 Å². The molecule has 0 fully saturated rings. The summed E-state index contributed by atoms with van der Waals surface area (Å²) in [6.07, 6.45) is 2.66. The second-order valence-electron chi connectivity index (χ2n) is 5.00. The van der Waals surface area contributed by atoms with E-state index < -0.39 is 23.7 Å². The molecule has 1 aromatic heterocycles. The van der Waals surface area contributed by atoms with Gasteiger partial charge in [0.05, 0.1) is 13.4 Å². The number of methoxy groups -OCH3 is 1.